The molecule has 0 aromatic heterocycles. The third-order valence-electron chi connectivity index (χ3n) is 2.39. The molecular weight excluding hydrogens is 192 g/mol. The molecule has 1 atom stereocenters. The van der Waals surface area contributed by atoms with Crippen LogP contribution < -0.4 is 0 Å². The highest BCUT2D eigenvalue weighted by molar-refractivity contribution is 7.99. The monoisotopic (exact) mass is 208 g/mol. The molecule has 14 heavy (non-hydrogen) atoms. The molecule has 1 heterocycles. The molecule has 1 nitrogen and oxygen atoms in total. The maximum Gasteiger partial charge on any atom is 0.107 e. The van der Waals surface area contributed by atoms with Crippen molar-refractivity contribution < 1.29 is 4.74 Å². The van der Waals surface area contributed by atoms with Gasteiger partial charge in [-0.25, -0.2) is 0 Å². The lowest BCUT2D eigenvalue weighted by Gasteiger charge is -2.13. The van der Waals surface area contributed by atoms with Gasteiger partial charge in [0.15, 0.2) is 0 Å². The van der Waals surface area contributed by atoms with Crippen molar-refractivity contribution in [3.63, 3.8) is 0 Å². The fourth-order valence-electron chi connectivity index (χ4n) is 1.61. The maximum absolute atomic E-state index is 5.77. The fraction of sp³-hybridized carbons (Fsp3) is 0.500. The van der Waals surface area contributed by atoms with E-state index in [9.17, 15) is 0 Å². The van der Waals surface area contributed by atoms with Gasteiger partial charge in [0.1, 0.15) is 5.44 Å². The van der Waals surface area contributed by atoms with Crippen LogP contribution in [0.3, 0.4) is 0 Å². The van der Waals surface area contributed by atoms with E-state index < -0.39 is 0 Å². The zero-order valence-electron chi connectivity index (χ0n) is 8.32. The van der Waals surface area contributed by atoms with E-state index in [1.165, 1.54) is 24.2 Å². The average molecular weight is 208 g/mol. The van der Waals surface area contributed by atoms with Crippen molar-refractivity contribution in [2.45, 2.75) is 24.7 Å². The molecule has 0 saturated carbocycles. The van der Waals surface area contributed by atoms with Gasteiger partial charge in [-0.05, 0) is 24.2 Å². The number of benzene rings is 1. The van der Waals surface area contributed by atoms with Crippen molar-refractivity contribution in [2.75, 3.05) is 12.4 Å². The quantitative estimate of drug-likeness (QED) is 0.738. The van der Waals surface area contributed by atoms with Crippen molar-refractivity contribution in [1.29, 1.82) is 0 Å². The predicted octanol–water partition coefficient (Wildman–Crippen LogP) is 3.10. The van der Waals surface area contributed by atoms with Crippen LogP contribution in [0.15, 0.2) is 30.3 Å². The highest BCUT2D eigenvalue weighted by Gasteiger charge is 2.13. The first-order valence-corrected chi connectivity index (χ1v) is 6.27. The summed E-state index contributed by atoms with van der Waals surface area (Å²) in [5.41, 5.74) is 1.76. The molecule has 1 aromatic carbocycles. The second-order valence-electron chi connectivity index (χ2n) is 3.57. The molecule has 1 aromatic rings. The van der Waals surface area contributed by atoms with Gasteiger partial charge in [-0.2, -0.15) is 0 Å². The van der Waals surface area contributed by atoms with Crippen molar-refractivity contribution in [2.24, 2.45) is 0 Å². The standard InChI is InChI=1S/C12H16OS/c1-2-6-11(7-3-1)10-12-13-8-4-5-9-14-12/h1-3,6-7,12H,4-5,8-10H2. The molecule has 76 valence electrons. The van der Waals surface area contributed by atoms with E-state index >= 15 is 0 Å². The molecule has 1 aliphatic rings. The largest absolute Gasteiger partial charge is 0.367 e. The molecule has 0 radical (unpaired) electrons. The van der Waals surface area contributed by atoms with Gasteiger partial charge in [-0.15, -0.1) is 11.8 Å². The van der Waals surface area contributed by atoms with Crippen LogP contribution in [-0.4, -0.2) is 17.8 Å². The number of ether oxygens (including phenoxy) is 1. The van der Waals surface area contributed by atoms with Gasteiger partial charge in [-0.1, -0.05) is 30.3 Å². The Labute approximate surface area is 89.9 Å². The summed E-state index contributed by atoms with van der Waals surface area (Å²) in [4.78, 5) is 0. The normalized spacial score (nSPS) is 23.0. The van der Waals surface area contributed by atoms with Crippen LogP contribution in [0.1, 0.15) is 18.4 Å². The molecule has 0 aliphatic carbocycles. The molecule has 0 bridgehead atoms. The molecule has 2 rings (SSSR count). The first-order valence-electron chi connectivity index (χ1n) is 5.22. The van der Waals surface area contributed by atoms with Gasteiger partial charge in [0.2, 0.25) is 0 Å². The predicted molar refractivity (Wildman–Crippen MR) is 61.6 cm³/mol. The third-order valence-corrected chi connectivity index (χ3v) is 3.59. The minimum Gasteiger partial charge on any atom is -0.367 e. The Morgan fingerprint density at radius 2 is 2.07 bits per heavy atom. The van der Waals surface area contributed by atoms with Gasteiger partial charge in [0.05, 0.1) is 0 Å². The lowest BCUT2D eigenvalue weighted by molar-refractivity contribution is 0.114. The van der Waals surface area contributed by atoms with E-state index in [0.29, 0.717) is 5.44 Å². The van der Waals surface area contributed by atoms with E-state index in [0.717, 1.165) is 13.0 Å². The molecule has 1 unspecified atom stereocenters. The first kappa shape index (κ1) is 10.1. The molecule has 0 N–H and O–H groups in total. The lowest BCUT2D eigenvalue weighted by Crippen LogP contribution is -2.11. The summed E-state index contributed by atoms with van der Waals surface area (Å²) in [6, 6.07) is 10.6. The zero-order chi connectivity index (χ0) is 9.64. The Hall–Kier alpha value is -0.470. The van der Waals surface area contributed by atoms with Crippen molar-refractivity contribution in [3.05, 3.63) is 35.9 Å². The SMILES string of the molecule is c1ccc(CC2OCCCCS2)cc1. The van der Waals surface area contributed by atoms with Crippen LogP contribution in [0.25, 0.3) is 0 Å². The minimum absolute atomic E-state index is 0.375. The Balaban J connectivity index is 1.90. The second kappa shape index (κ2) is 5.42. The van der Waals surface area contributed by atoms with Gasteiger partial charge in [-0.3, -0.25) is 0 Å². The van der Waals surface area contributed by atoms with Crippen molar-refractivity contribution in [3.8, 4) is 0 Å². The number of hydrogen-bond acceptors (Lipinski definition) is 2. The Morgan fingerprint density at radius 1 is 1.21 bits per heavy atom. The average Bonchev–Trinajstić information content (AvgIpc) is 2.48. The summed E-state index contributed by atoms with van der Waals surface area (Å²) >= 11 is 1.96. The first-order chi connectivity index (χ1) is 6.95. The van der Waals surface area contributed by atoms with E-state index in [1.807, 2.05) is 11.8 Å². The molecular formula is C12H16OS. The van der Waals surface area contributed by atoms with Gasteiger partial charge in [0.25, 0.3) is 0 Å². The molecule has 1 fully saturated rings. The summed E-state index contributed by atoms with van der Waals surface area (Å²) in [6.45, 7) is 0.935. The lowest BCUT2D eigenvalue weighted by atomic mass is 10.2. The van der Waals surface area contributed by atoms with Crippen LogP contribution in [-0.2, 0) is 11.2 Å². The molecule has 1 aliphatic heterocycles. The topological polar surface area (TPSA) is 9.23 Å². The molecule has 2 heteroatoms. The van der Waals surface area contributed by atoms with Crippen molar-refractivity contribution in [1.82, 2.24) is 0 Å². The van der Waals surface area contributed by atoms with Gasteiger partial charge in [0, 0.05) is 13.0 Å². The zero-order valence-corrected chi connectivity index (χ0v) is 9.13. The molecule has 0 amide bonds. The van der Waals surface area contributed by atoms with E-state index in [1.54, 1.807) is 0 Å². The van der Waals surface area contributed by atoms with Gasteiger partial charge >= 0.3 is 0 Å². The third kappa shape index (κ3) is 3.03. The fourth-order valence-corrected chi connectivity index (χ4v) is 2.74. The van der Waals surface area contributed by atoms with Crippen LogP contribution in [0.2, 0.25) is 0 Å². The van der Waals surface area contributed by atoms with E-state index in [4.69, 9.17) is 4.74 Å². The van der Waals surface area contributed by atoms with Crippen LogP contribution >= 0.6 is 11.8 Å². The van der Waals surface area contributed by atoms with Crippen molar-refractivity contribution >= 4 is 11.8 Å². The smallest absolute Gasteiger partial charge is 0.107 e. The Morgan fingerprint density at radius 3 is 2.93 bits per heavy atom. The Kier molecular flexibility index (Phi) is 3.90. The molecule has 1 saturated heterocycles. The minimum atomic E-state index is 0.375. The summed E-state index contributed by atoms with van der Waals surface area (Å²) in [7, 11) is 0. The summed E-state index contributed by atoms with van der Waals surface area (Å²) in [6.07, 6.45) is 3.57. The summed E-state index contributed by atoms with van der Waals surface area (Å²) < 4.78 is 5.77. The number of hydrogen-bond donors (Lipinski definition) is 0. The van der Waals surface area contributed by atoms with Crippen LogP contribution in [0.5, 0.6) is 0 Å². The number of rotatable bonds is 2. The highest BCUT2D eigenvalue weighted by atomic mass is 32.2. The summed E-state index contributed by atoms with van der Waals surface area (Å²) in [5.74, 6) is 1.25. The number of thioether (sulfide) groups is 1. The maximum atomic E-state index is 5.77. The van der Waals surface area contributed by atoms with E-state index in [2.05, 4.69) is 30.3 Å². The van der Waals surface area contributed by atoms with E-state index in [-0.39, 0.29) is 0 Å². The molecule has 0 spiro atoms. The highest BCUT2D eigenvalue weighted by Crippen LogP contribution is 2.22. The second-order valence-corrected chi connectivity index (χ2v) is 4.84. The summed E-state index contributed by atoms with van der Waals surface area (Å²) in [5, 5.41) is 0. The van der Waals surface area contributed by atoms with Crippen LogP contribution in [0, 0.1) is 0 Å². The van der Waals surface area contributed by atoms with Gasteiger partial charge < -0.3 is 4.74 Å². The van der Waals surface area contributed by atoms with Crippen LogP contribution in [0.4, 0.5) is 0 Å². The Bertz CT molecular complexity index is 252.